The van der Waals surface area contributed by atoms with Crippen molar-refractivity contribution in [2.24, 2.45) is 0 Å². The summed E-state index contributed by atoms with van der Waals surface area (Å²) < 4.78 is 39.5. The summed E-state index contributed by atoms with van der Waals surface area (Å²) in [6.45, 7) is 4.49. The smallest absolute Gasteiger partial charge is 0.462 e. The summed E-state index contributed by atoms with van der Waals surface area (Å²) in [5.41, 5.74) is 0. The molecule has 0 radical (unpaired) electrons. The molecule has 0 aromatic rings. The Morgan fingerprint density at radius 1 is 0.382 bits per heavy atom. The number of aliphatic hydroxyl groups excluding tert-OH is 1. The molecule has 0 bridgehead atoms. The van der Waals surface area contributed by atoms with E-state index in [0.29, 0.717) is 19.3 Å². The molecule has 0 aliphatic rings. The minimum atomic E-state index is -4.76. The second-order valence-corrected chi connectivity index (χ2v) is 22.3. The summed E-state index contributed by atoms with van der Waals surface area (Å²) in [6.07, 6.45) is 64.8. The lowest BCUT2D eigenvalue weighted by Crippen LogP contribution is -2.30. The zero-order chi connectivity index (χ0) is 55.5. The number of rotatable bonds is 58. The first-order valence-electron chi connectivity index (χ1n) is 31.2. The SMILES string of the molecule is CC/C=C\C/C=C\C/C=C\C/C=C\CCC(=O)OCC(COP(=O)(O)OCC(CO)OC(=O)CCCCCCCCC/C=C\CCCCCCCC)OC(=O)CCCCCCCCCCCCCCCCCCCCC. The van der Waals surface area contributed by atoms with Crippen LogP contribution in [0.15, 0.2) is 60.8 Å². The molecule has 0 rings (SSSR count). The zero-order valence-electron chi connectivity index (χ0n) is 49.0. The molecular formula is C64H115O11P. The molecule has 0 aliphatic carbocycles. The second-order valence-electron chi connectivity index (χ2n) is 20.8. The Morgan fingerprint density at radius 2 is 0.711 bits per heavy atom. The van der Waals surface area contributed by atoms with Crippen molar-refractivity contribution >= 4 is 25.7 Å². The highest BCUT2D eigenvalue weighted by Gasteiger charge is 2.28. The number of phosphoric acid groups is 1. The molecule has 3 atom stereocenters. The van der Waals surface area contributed by atoms with Crippen molar-refractivity contribution in [1.82, 2.24) is 0 Å². The number of phosphoric ester groups is 1. The first-order valence-corrected chi connectivity index (χ1v) is 32.7. The summed E-state index contributed by atoms with van der Waals surface area (Å²) in [5, 5.41) is 9.84. The van der Waals surface area contributed by atoms with Gasteiger partial charge in [-0.15, -0.1) is 0 Å². The van der Waals surface area contributed by atoms with E-state index in [1.54, 1.807) is 0 Å². The van der Waals surface area contributed by atoms with Crippen LogP contribution in [0.5, 0.6) is 0 Å². The monoisotopic (exact) mass is 1090 g/mol. The van der Waals surface area contributed by atoms with Crippen molar-refractivity contribution in [3.8, 4) is 0 Å². The van der Waals surface area contributed by atoms with E-state index in [4.69, 9.17) is 23.3 Å². The Bertz CT molecular complexity index is 1510. The fourth-order valence-electron chi connectivity index (χ4n) is 8.72. The molecule has 0 saturated carbocycles. The van der Waals surface area contributed by atoms with E-state index in [1.165, 1.54) is 161 Å². The number of hydrogen-bond donors (Lipinski definition) is 2. The predicted molar refractivity (Wildman–Crippen MR) is 316 cm³/mol. The van der Waals surface area contributed by atoms with Crippen LogP contribution < -0.4 is 0 Å². The number of carbonyl (C=O) groups is 3. The molecule has 0 saturated heterocycles. The molecule has 3 unspecified atom stereocenters. The van der Waals surface area contributed by atoms with Gasteiger partial charge in [0.15, 0.2) is 6.10 Å². The van der Waals surface area contributed by atoms with Crippen molar-refractivity contribution in [3.63, 3.8) is 0 Å². The highest BCUT2D eigenvalue weighted by atomic mass is 31.2. The van der Waals surface area contributed by atoms with Gasteiger partial charge in [-0.2, -0.15) is 0 Å². The Morgan fingerprint density at radius 3 is 1.11 bits per heavy atom. The summed E-state index contributed by atoms with van der Waals surface area (Å²) in [5.74, 6) is -1.55. The molecule has 76 heavy (non-hydrogen) atoms. The summed E-state index contributed by atoms with van der Waals surface area (Å²) in [6, 6.07) is 0. The van der Waals surface area contributed by atoms with E-state index in [1.807, 2.05) is 12.2 Å². The van der Waals surface area contributed by atoms with Gasteiger partial charge >= 0.3 is 25.7 Å². The predicted octanol–water partition coefficient (Wildman–Crippen LogP) is 18.7. The van der Waals surface area contributed by atoms with Crippen LogP contribution in [0.2, 0.25) is 0 Å². The summed E-state index contributed by atoms with van der Waals surface area (Å²) in [7, 11) is -4.76. The highest BCUT2D eigenvalue weighted by molar-refractivity contribution is 7.47. The first kappa shape index (κ1) is 73.2. The maximum atomic E-state index is 12.9. The fraction of sp³-hybridized carbons (Fsp3) is 0.797. The van der Waals surface area contributed by atoms with Crippen LogP contribution in [0.4, 0.5) is 0 Å². The molecule has 0 aromatic carbocycles. The minimum Gasteiger partial charge on any atom is -0.462 e. The van der Waals surface area contributed by atoms with Gasteiger partial charge in [-0.05, 0) is 70.6 Å². The Hall–Kier alpha value is -2.82. The molecule has 0 aliphatic heterocycles. The quantitative estimate of drug-likeness (QED) is 0.0197. The molecule has 0 spiro atoms. The first-order chi connectivity index (χ1) is 37.2. The Balaban J connectivity index is 4.69. The van der Waals surface area contributed by atoms with Crippen LogP contribution >= 0.6 is 7.82 Å². The highest BCUT2D eigenvalue weighted by Crippen LogP contribution is 2.43. The fourth-order valence-corrected chi connectivity index (χ4v) is 9.50. The number of allylic oxidation sites excluding steroid dienone is 10. The number of unbranched alkanes of at least 4 members (excludes halogenated alkanes) is 31. The lowest BCUT2D eigenvalue weighted by atomic mass is 10.0. The molecule has 0 amide bonds. The third-order valence-electron chi connectivity index (χ3n) is 13.4. The van der Waals surface area contributed by atoms with Crippen LogP contribution in [0.25, 0.3) is 0 Å². The van der Waals surface area contributed by atoms with Gasteiger partial charge in [0.1, 0.15) is 12.7 Å². The molecule has 442 valence electrons. The van der Waals surface area contributed by atoms with E-state index in [9.17, 15) is 28.9 Å². The van der Waals surface area contributed by atoms with Gasteiger partial charge < -0.3 is 24.2 Å². The van der Waals surface area contributed by atoms with Gasteiger partial charge in [-0.3, -0.25) is 23.4 Å². The van der Waals surface area contributed by atoms with Crippen molar-refractivity contribution in [1.29, 1.82) is 0 Å². The maximum absolute atomic E-state index is 12.9. The van der Waals surface area contributed by atoms with Crippen molar-refractivity contribution in [3.05, 3.63) is 60.8 Å². The average molecular weight is 1090 g/mol. The van der Waals surface area contributed by atoms with Gasteiger partial charge in [0.25, 0.3) is 0 Å². The van der Waals surface area contributed by atoms with Gasteiger partial charge in [-0.25, -0.2) is 4.57 Å². The average Bonchev–Trinajstić information content (AvgIpc) is 3.41. The Labute approximate surface area is 465 Å². The van der Waals surface area contributed by atoms with Crippen LogP contribution in [-0.2, 0) is 42.2 Å². The Kier molecular flexibility index (Phi) is 56.2. The van der Waals surface area contributed by atoms with Gasteiger partial charge in [-0.1, -0.05) is 261 Å². The van der Waals surface area contributed by atoms with Crippen molar-refractivity contribution in [2.75, 3.05) is 26.4 Å². The third-order valence-corrected chi connectivity index (χ3v) is 14.4. The van der Waals surface area contributed by atoms with Crippen LogP contribution in [-0.4, -0.2) is 66.5 Å². The van der Waals surface area contributed by atoms with E-state index < -0.39 is 57.8 Å². The van der Waals surface area contributed by atoms with Crippen LogP contribution in [0.1, 0.15) is 290 Å². The number of esters is 3. The summed E-state index contributed by atoms with van der Waals surface area (Å²) >= 11 is 0. The van der Waals surface area contributed by atoms with Gasteiger partial charge in [0.2, 0.25) is 0 Å². The van der Waals surface area contributed by atoms with Crippen LogP contribution in [0, 0.1) is 0 Å². The zero-order valence-corrected chi connectivity index (χ0v) is 49.9. The maximum Gasteiger partial charge on any atom is 0.472 e. The minimum absolute atomic E-state index is 0.107. The van der Waals surface area contributed by atoms with E-state index in [2.05, 4.69) is 69.4 Å². The largest absolute Gasteiger partial charge is 0.472 e. The number of ether oxygens (including phenoxy) is 3. The molecule has 0 heterocycles. The standard InChI is InChI=1S/C64H115O11P/c1-4-7-10-13-16-19-22-25-27-29-30-32-34-37-40-43-46-49-52-55-64(68)75-61(57-71-62(66)53-50-47-44-41-38-35-24-21-18-15-12-9-6-3)59-73-76(69,70)72-58-60(56-65)74-63(67)54-51-48-45-42-39-36-33-31-28-26-23-20-17-14-11-8-5-2/h9,12,18,21,26,28,35,38,44,47,60-61,65H,4-8,10-11,13-17,19-20,22-25,27,29-34,36-37,39-43,45-46,48-59H2,1-3H3,(H,69,70)/b12-9-,21-18-,28-26-,38-35-,47-44-. The van der Waals surface area contributed by atoms with Crippen molar-refractivity contribution < 1.29 is 52.2 Å². The number of aliphatic hydroxyl groups is 1. The lowest BCUT2D eigenvalue weighted by molar-refractivity contribution is -0.161. The van der Waals surface area contributed by atoms with Crippen molar-refractivity contribution in [2.45, 2.75) is 303 Å². The number of hydrogen-bond acceptors (Lipinski definition) is 10. The van der Waals surface area contributed by atoms with Gasteiger partial charge in [0, 0.05) is 19.3 Å². The third kappa shape index (κ3) is 55.9. The van der Waals surface area contributed by atoms with Crippen LogP contribution in [0.3, 0.4) is 0 Å². The molecule has 12 heteroatoms. The number of carbonyl (C=O) groups excluding carboxylic acids is 3. The summed E-state index contributed by atoms with van der Waals surface area (Å²) in [4.78, 5) is 48.6. The lowest BCUT2D eigenvalue weighted by Gasteiger charge is -2.21. The van der Waals surface area contributed by atoms with Gasteiger partial charge in [0.05, 0.1) is 19.8 Å². The van der Waals surface area contributed by atoms with E-state index in [-0.39, 0.29) is 25.9 Å². The van der Waals surface area contributed by atoms with E-state index >= 15 is 0 Å². The molecule has 0 fully saturated rings. The second kappa shape index (κ2) is 58.3. The molecular weight excluding hydrogens is 976 g/mol. The topological polar surface area (TPSA) is 155 Å². The molecule has 11 nitrogen and oxygen atoms in total. The van der Waals surface area contributed by atoms with E-state index in [0.717, 1.165) is 70.6 Å². The molecule has 2 N–H and O–H groups in total. The molecule has 0 aromatic heterocycles. The normalized spacial score (nSPS) is 13.7.